The van der Waals surface area contributed by atoms with Crippen molar-refractivity contribution in [3.63, 3.8) is 0 Å². The molecule has 0 spiro atoms. The number of hydrogen-bond donors (Lipinski definition) is 1. The van der Waals surface area contributed by atoms with Gasteiger partial charge in [0.2, 0.25) is 0 Å². The number of methoxy groups -OCH3 is 1. The molecule has 0 radical (unpaired) electrons. The first-order valence-corrected chi connectivity index (χ1v) is 6.34. The number of anilines is 1. The van der Waals surface area contributed by atoms with Crippen LogP contribution in [0.4, 0.5) is 23.7 Å². The topological polar surface area (TPSA) is 58.6 Å². The number of amides is 2. The number of nitrogens with one attached hydrogen (secondary N) is 1. The van der Waals surface area contributed by atoms with Crippen molar-refractivity contribution in [1.29, 1.82) is 0 Å². The highest BCUT2D eigenvalue weighted by molar-refractivity contribution is 5.96. The van der Waals surface area contributed by atoms with Crippen LogP contribution < -0.4 is 10.2 Å². The lowest BCUT2D eigenvalue weighted by atomic mass is 10.1. The summed E-state index contributed by atoms with van der Waals surface area (Å²) in [5.74, 6) is -0.650. The number of para-hydroxylation sites is 1. The van der Waals surface area contributed by atoms with Crippen LogP contribution in [0.1, 0.15) is 5.56 Å². The molecule has 0 bridgehead atoms. The molecule has 1 unspecified atom stereocenters. The zero-order valence-electron chi connectivity index (χ0n) is 11.6. The van der Waals surface area contributed by atoms with Crippen LogP contribution in [-0.4, -0.2) is 31.7 Å². The molecule has 1 heterocycles. The number of carbonyl (C=O) groups excluding carboxylic acids is 2. The first-order chi connectivity index (χ1) is 10.3. The van der Waals surface area contributed by atoms with Gasteiger partial charge >= 0.3 is 18.2 Å². The van der Waals surface area contributed by atoms with E-state index in [0.717, 1.165) is 17.0 Å². The van der Waals surface area contributed by atoms with Crippen molar-refractivity contribution >= 4 is 17.7 Å². The lowest BCUT2D eigenvalue weighted by Gasteiger charge is -2.24. The average Bonchev–Trinajstić information content (AvgIpc) is 2.84. The summed E-state index contributed by atoms with van der Waals surface area (Å²) in [6.45, 7) is 0.0958. The molecule has 1 fully saturated rings. The third-order valence-corrected chi connectivity index (χ3v) is 3.14. The molecule has 2 amide bonds. The summed E-state index contributed by atoms with van der Waals surface area (Å²) in [5.41, 5.74) is -1.17. The fourth-order valence-corrected chi connectivity index (χ4v) is 2.14. The monoisotopic (exact) mass is 314 g/mol. The molecular weight excluding hydrogens is 301 g/mol. The molecule has 1 saturated heterocycles. The largest absolute Gasteiger partial charge is 0.466 e. The number of alkyl halides is 3. The van der Waals surface area contributed by atoms with Gasteiger partial charge in [-0.1, -0.05) is 18.2 Å². The first-order valence-electron chi connectivity index (χ1n) is 6.34. The minimum atomic E-state index is -4.59. The van der Waals surface area contributed by atoms with Crippen LogP contribution in [0.25, 0.3) is 0 Å². The van der Waals surface area contributed by atoms with Gasteiger partial charge in [0.15, 0.2) is 0 Å². The molecule has 118 valence electrons. The Balaban J connectivity index is 2.39. The summed E-state index contributed by atoms with van der Waals surface area (Å²) in [7, 11) is 1.18. The second-order valence-corrected chi connectivity index (χ2v) is 4.52. The number of esters is 1. The van der Waals surface area contributed by atoms with E-state index in [1.54, 1.807) is 0 Å². The number of urea groups is 1. The van der Waals surface area contributed by atoms with Gasteiger partial charge in [-0.25, -0.2) is 9.59 Å². The molecule has 2 rings (SSSR count). The van der Waals surface area contributed by atoms with Gasteiger partial charge in [0.1, 0.15) is 0 Å². The van der Waals surface area contributed by atoms with E-state index in [1.807, 2.05) is 0 Å². The fraction of sp³-hybridized carbons (Fsp3) is 0.286. The number of benzene rings is 1. The number of halogens is 3. The number of nitrogens with zero attached hydrogens (tertiary/aromatic N) is 1. The van der Waals surface area contributed by atoms with E-state index in [2.05, 4.69) is 10.1 Å². The highest BCUT2D eigenvalue weighted by atomic mass is 19.4. The van der Waals surface area contributed by atoms with Gasteiger partial charge in [0.25, 0.3) is 0 Å². The maximum atomic E-state index is 13.1. The number of hydrogen-bond acceptors (Lipinski definition) is 3. The van der Waals surface area contributed by atoms with Crippen LogP contribution in [0.15, 0.2) is 36.4 Å². The smallest absolute Gasteiger partial charge is 0.418 e. The SMILES string of the molecule is COC(=O)C=CC1CNC(=O)N1c1ccccc1C(F)(F)F. The Kier molecular flexibility index (Phi) is 4.39. The Morgan fingerprint density at radius 3 is 2.73 bits per heavy atom. The summed E-state index contributed by atoms with van der Waals surface area (Å²) >= 11 is 0. The summed E-state index contributed by atoms with van der Waals surface area (Å²) in [6.07, 6.45) is -2.18. The van der Waals surface area contributed by atoms with E-state index >= 15 is 0 Å². The zero-order chi connectivity index (χ0) is 16.3. The highest BCUT2D eigenvalue weighted by Gasteiger charge is 2.39. The molecule has 0 aliphatic carbocycles. The van der Waals surface area contributed by atoms with Crippen molar-refractivity contribution in [3.8, 4) is 0 Å². The van der Waals surface area contributed by atoms with Gasteiger partial charge in [-0.15, -0.1) is 0 Å². The standard InChI is InChI=1S/C14H13F3N2O3/c1-22-12(20)7-6-9-8-18-13(21)19(9)11-5-3-2-4-10(11)14(15,16)17/h2-7,9H,8H2,1H3,(H,18,21). The van der Waals surface area contributed by atoms with Crippen LogP contribution in [-0.2, 0) is 15.7 Å². The van der Waals surface area contributed by atoms with Crippen LogP contribution in [0.3, 0.4) is 0 Å². The molecule has 22 heavy (non-hydrogen) atoms. The Morgan fingerprint density at radius 2 is 2.09 bits per heavy atom. The second-order valence-electron chi connectivity index (χ2n) is 4.52. The number of ether oxygens (including phenoxy) is 1. The maximum Gasteiger partial charge on any atom is 0.418 e. The van der Waals surface area contributed by atoms with Gasteiger partial charge < -0.3 is 10.1 Å². The molecule has 0 aromatic heterocycles. The van der Waals surface area contributed by atoms with Gasteiger partial charge in [0, 0.05) is 12.6 Å². The molecule has 1 N–H and O–H groups in total. The third kappa shape index (κ3) is 3.21. The molecule has 1 aromatic carbocycles. The molecule has 1 atom stereocenters. The van der Waals surface area contributed by atoms with Crippen molar-refractivity contribution in [2.75, 3.05) is 18.6 Å². The minimum Gasteiger partial charge on any atom is -0.466 e. The first kappa shape index (κ1) is 15.9. The predicted octanol–water partition coefficient (Wildman–Crippen LogP) is 2.33. The summed E-state index contributed by atoms with van der Waals surface area (Å²) in [6, 6.07) is 3.41. The Bertz CT molecular complexity index is 614. The molecular formula is C14H13F3N2O3. The maximum absolute atomic E-state index is 13.1. The fourth-order valence-electron chi connectivity index (χ4n) is 2.14. The summed E-state index contributed by atoms with van der Waals surface area (Å²) in [5, 5.41) is 2.45. The Morgan fingerprint density at radius 1 is 1.41 bits per heavy atom. The summed E-state index contributed by atoms with van der Waals surface area (Å²) < 4.78 is 43.6. The Labute approximate surface area is 124 Å². The molecule has 1 aliphatic rings. The van der Waals surface area contributed by atoms with Gasteiger partial charge in [-0.3, -0.25) is 4.90 Å². The van der Waals surface area contributed by atoms with E-state index in [1.165, 1.54) is 31.4 Å². The van der Waals surface area contributed by atoms with Gasteiger partial charge in [0.05, 0.1) is 24.4 Å². The van der Waals surface area contributed by atoms with Crippen molar-refractivity contribution in [1.82, 2.24) is 5.32 Å². The van der Waals surface area contributed by atoms with E-state index in [0.29, 0.717) is 0 Å². The molecule has 8 heteroatoms. The van der Waals surface area contributed by atoms with Crippen LogP contribution >= 0.6 is 0 Å². The molecule has 5 nitrogen and oxygen atoms in total. The Hall–Kier alpha value is -2.51. The van der Waals surface area contributed by atoms with Crippen LogP contribution in [0.2, 0.25) is 0 Å². The highest BCUT2D eigenvalue weighted by Crippen LogP contribution is 2.37. The van der Waals surface area contributed by atoms with Crippen molar-refractivity contribution < 1.29 is 27.5 Å². The van der Waals surface area contributed by atoms with E-state index in [9.17, 15) is 22.8 Å². The number of carbonyl (C=O) groups is 2. The average molecular weight is 314 g/mol. The van der Waals surface area contributed by atoms with E-state index < -0.39 is 29.8 Å². The van der Waals surface area contributed by atoms with Gasteiger partial charge in [-0.2, -0.15) is 13.2 Å². The molecule has 1 aromatic rings. The van der Waals surface area contributed by atoms with Gasteiger partial charge in [-0.05, 0) is 12.1 Å². The second kappa shape index (κ2) is 6.08. The van der Waals surface area contributed by atoms with E-state index in [-0.39, 0.29) is 12.2 Å². The zero-order valence-corrected chi connectivity index (χ0v) is 11.6. The minimum absolute atomic E-state index is 0.0958. The van der Waals surface area contributed by atoms with Crippen molar-refractivity contribution in [2.45, 2.75) is 12.2 Å². The van der Waals surface area contributed by atoms with E-state index in [4.69, 9.17) is 0 Å². The number of rotatable bonds is 3. The predicted molar refractivity (Wildman–Crippen MR) is 72.3 cm³/mol. The van der Waals surface area contributed by atoms with Crippen molar-refractivity contribution in [3.05, 3.63) is 42.0 Å². The third-order valence-electron chi connectivity index (χ3n) is 3.14. The lowest BCUT2D eigenvalue weighted by Crippen LogP contribution is -2.34. The normalized spacial score (nSPS) is 18.6. The van der Waals surface area contributed by atoms with Crippen LogP contribution in [0, 0.1) is 0 Å². The van der Waals surface area contributed by atoms with Crippen LogP contribution in [0.5, 0.6) is 0 Å². The molecule has 0 saturated carbocycles. The lowest BCUT2D eigenvalue weighted by molar-refractivity contribution is -0.137. The molecule has 1 aliphatic heterocycles. The summed E-state index contributed by atoms with van der Waals surface area (Å²) in [4.78, 5) is 24.0. The quantitative estimate of drug-likeness (QED) is 0.688. The van der Waals surface area contributed by atoms with Crippen molar-refractivity contribution in [2.24, 2.45) is 0 Å².